The van der Waals surface area contributed by atoms with Gasteiger partial charge < -0.3 is 5.32 Å². The molecular formula is C18H15FN4O. The molecule has 1 amide bonds. The number of fused-ring (bicyclic) bond motifs is 1. The molecule has 0 atom stereocenters. The lowest BCUT2D eigenvalue weighted by atomic mass is 10.1. The molecule has 2 N–H and O–H groups in total. The molecule has 4 rings (SSSR count). The van der Waals surface area contributed by atoms with Crippen LogP contribution >= 0.6 is 0 Å². The summed E-state index contributed by atoms with van der Waals surface area (Å²) in [4.78, 5) is 16.1. The second-order valence-corrected chi connectivity index (χ2v) is 5.85. The second-order valence-electron chi connectivity index (χ2n) is 5.85. The van der Waals surface area contributed by atoms with Gasteiger partial charge in [-0.3, -0.25) is 14.9 Å². The summed E-state index contributed by atoms with van der Waals surface area (Å²) in [6.07, 6.45) is 9.07. The van der Waals surface area contributed by atoms with Crippen molar-refractivity contribution in [3.05, 3.63) is 59.3 Å². The fourth-order valence-corrected chi connectivity index (χ4v) is 2.50. The first-order chi connectivity index (χ1) is 11.7. The fourth-order valence-electron chi connectivity index (χ4n) is 2.50. The largest absolute Gasteiger partial charge is 0.349 e. The molecule has 2 heterocycles. The number of amides is 1. The van der Waals surface area contributed by atoms with E-state index < -0.39 is 5.82 Å². The van der Waals surface area contributed by atoms with Gasteiger partial charge in [0.25, 0.3) is 5.91 Å². The van der Waals surface area contributed by atoms with E-state index in [1.807, 2.05) is 24.3 Å². The van der Waals surface area contributed by atoms with E-state index in [-0.39, 0.29) is 17.5 Å². The quantitative estimate of drug-likeness (QED) is 0.775. The molecule has 0 aliphatic heterocycles. The van der Waals surface area contributed by atoms with Crippen LogP contribution in [-0.2, 0) is 0 Å². The van der Waals surface area contributed by atoms with Gasteiger partial charge in [0.15, 0.2) is 5.82 Å². The number of rotatable bonds is 4. The highest BCUT2D eigenvalue weighted by molar-refractivity contribution is 6.00. The van der Waals surface area contributed by atoms with Gasteiger partial charge in [0, 0.05) is 29.4 Å². The first-order valence-electron chi connectivity index (χ1n) is 7.77. The van der Waals surface area contributed by atoms with Gasteiger partial charge in [-0.05, 0) is 48.7 Å². The van der Waals surface area contributed by atoms with Gasteiger partial charge >= 0.3 is 0 Å². The Morgan fingerprint density at radius 1 is 1.25 bits per heavy atom. The van der Waals surface area contributed by atoms with Crippen LogP contribution in [0.3, 0.4) is 0 Å². The Hall–Kier alpha value is -3.02. The molecule has 0 spiro atoms. The Morgan fingerprint density at radius 3 is 2.79 bits per heavy atom. The third-order valence-corrected chi connectivity index (χ3v) is 3.97. The Bertz CT molecular complexity index is 929. The lowest BCUT2D eigenvalue weighted by molar-refractivity contribution is 0.0951. The van der Waals surface area contributed by atoms with Crippen molar-refractivity contribution in [1.29, 1.82) is 0 Å². The highest BCUT2D eigenvalue weighted by atomic mass is 19.1. The Labute approximate surface area is 137 Å². The number of nitrogens with one attached hydrogen (secondary N) is 2. The number of hydrogen-bond donors (Lipinski definition) is 2. The molecule has 1 aromatic carbocycles. The van der Waals surface area contributed by atoms with Crippen molar-refractivity contribution in [2.45, 2.75) is 18.9 Å². The maximum atomic E-state index is 14.2. The van der Waals surface area contributed by atoms with E-state index in [1.54, 1.807) is 18.5 Å². The standard InChI is InChI=1S/C18H15FN4O/c19-15-10-12(18(24)21-13-2-3-13)9-14-16(22-23-17(14)15)4-1-11-5-7-20-8-6-11/h1,4-10,13H,2-3H2,(H,21,24)(H,22,23). The van der Waals surface area contributed by atoms with Crippen molar-refractivity contribution in [2.24, 2.45) is 0 Å². The number of aromatic nitrogens is 3. The van der Waals surface area contributed by atoms with Crippen molar-refractivity contribution in [1.82, 2.24) is 20.5 Å². The van der Waals surface area contributed by atoms with Gasteiger partial charge in [-0.15, -0.1) is 0 Å². The van der Waals surface area contributed by atoms with Crippen molar-refractivity contribution in [2.75, 3.05) is 0 Å². The molecule has 5 nitrogen and oxygen atoms in total. The summed E-state index contributed by atoms with van der Waals surface area (Å²) in [5, 5.41) is 10.3. The molecule has 1 fully saturated rings. The Balaban J connectivity index is 1.69. The second kappa shape index (κ2) is 5.88. The highest BCUT2D eigenvalue weighted by Crippen LogP contribution is 2.24. The molecule has 1 aliphatic rings. The molecule has 0 radical (unpaired) electrons. The zero-order valence-corrected chi connectivity index (χ0v) is 12.8. The average molecular weight is 322 g/mol. The van der Waals surface area contributed by atoms with Gasteiger partial charge in [-0.25, -0.2) is 4.39 Å². The minimum atomic E-state index is -0.506. The third-order valence-electron chi connectivity index (χ3n) is 3.97. The first-order valence-corrected chi connectivity index (χ1v) is 7.77. The number of halogens is 1. The first kappa shape index (κ1) is 14.6. The molecule has 3 aromatic rings. The molecule has 1 aliphatic carbocycles. The number of hydrogen-bond acceptors (Lipinski definition) is 3. The van der Waals surface area contributed by atoms with Crippen molar-refractivity contribution in [3.63, 3.8) is 0 Å². The minimum absolute atomic E-state index is 0.228. The third kappa shape index (κ3) is 2.90. The van der Waals surface area contributed by atoms with Crippen molar-refractivity contribution < 1.29 is 9.18 Å². The summed E-state index contributed by atoms with van der Waals surface area (Å²) >= 11 is 0. The van der Waals surface area contributed by atoms with E-state index in [0.717, 1.165) is 18.4 Å². The van der Waals surface area contributed by atoms with E-state index >= 15 is 0 Å². The summed E-state index contributed by atoms with van der Waals surface area (Å²) in [5.74, 6) is -0.753. The molecular weight excluding hydrogens is 307 g/mol. The predicted octanol–water partition coefficient (Wildman–Crippen LogP) is 3.16. The zero-order chi connectivity index (χ0) is 16.5. The summed E-state index contributed by atoms with van der Waals surface area (Å²) < 4.78 is 14.2. The fraction of sp³-hybridized carbons (Fsp3) is 0.167. The van der Waals surface area contributed by atoms with Crippen LogP contribution in [0.2, 0.25) is 0 Å². The number of carbonyl (C=O) groups is 1. The monoisotopic (exact) mass is 322 g/mol. The van der Waals surface area contributed by atoms with E-state index in [1.165, 1.54) is 6.07 Å². The molecule has 0 unspecified atom stereocenters. The van der Waals surface area contributed by atoms with Crippen LogP contribution in [0.25, 0.3) is 23.1 Å². The van der Waals surface area contributed by atoms with Crippen LogP contribution < -0.4 is 5.32 Å². The number of pyridine rings is 1. The normalized spacial score (nSPS) is 14.4. The Kier molecular flexibility index (Phi) is 3.57. The van der Waals surface area contributed by atoms with Gasteiger partial charge in [-0.1, -0.05) is 6.08 Å². The van der Waals surface area contributed by atoms with Crippen LogP contribution in [0.4, 0.5) is 4.39 Å². The molecule has 1 saturated carbocycles. The molecule has 0 saturated heterocycles. The van der Waals surface area contributed by atoms with Gasteiger partial charge in [0.05, 0.1) is 5.69 Å². The van der Waals surface area contributed by atoms with Gasteiger partial charge in [0.2, 0.25) is 0 Å². The van der Waals surface area contributed by atoms with Crippen LogP contribution in [0.5, 0.6) is 0 Å². The minimum Gasteiger partial charge on any atom is -0.349 e. The molecule has 120 valence electrons. The van der Waals surface area contributed by atoms with E-state index in [0.29, 0.717) is 16.6 Å². The van der Waals surface area contributed by atoms with Crippen LogP contribution in [0.1, 0.15) is 34.5 Å². The zero-order valence-electron chi connectivity index (χ0n) is 12.8. The van der Waals surface area contributed by atoms with Gasteiger partial charge in [0.1, 0.15) is 5.52 Å². The molecule has 6 heteroatoms. The maximum Gasteiger partial charge on any atom is 0.251 e. The topological polar surface area (TPSA) is 70.7 Å². The maximum absolute atomic E-state index is 14.2. The summed E-state index contributed by atoms with van der Waals surface area (Å²) in [6.45, 7) is 0. The van der Waals surface area contributed by atoms with Crippen LogP contribution in [-0.4, -0.2) is 27.1 Å². The number of carbonyl (C=O) groups excluding carboxylic acids is 1. The van der Waals surface area contributed by atoms with Crippen LogP contribution in [0.15, 0.2) is 36.7 Å². The van der Waals surface area contributed by atoms with E-state index in [2.05, 4.69) is 20.5 Å². The highest BCUT2D eigenvalue weighted by Gasteiger charge is 2.24. The molecule has 2 aromatic heterocycles. The number of benzene rings is 1. The van der Waals surface area contributed by atoms with Gasteiger partial charge in [-0.2, -0.15) is 5.10 Å². The molecule has 0 bridgehead atoms. The number of H-pyrrole nitrogens is 1. The van der Waals surface area contributed by atoms with Crippen LogP contribution in [0, 0.1) is 5.82 Å². The summed E-state index contributed by atoms with van der Waals surface area (Å²) in [6, 6.07) is 6.86. The summed E-state index contributed by atoms with van der Waals surface area (Å²) in [7, 11) is 0. The Morgan fingerprint density at radius 2 is 2.04 bits per heavy atom. The van der Waals surface area contributed by atoms with Crippen molar-refractivity contribution >= 4 is 29.0 Å². The molecule has 24 heavy (non-hydrogen) atoms. The SMILES string of the molecule is O=C(NC1CC1)c1cc(F)c2n[nH]c(C=Cc3ccncc3)c2c1. The van der Waals surface area contributed by atoms with Crippen molar-refractivity contribution in [3.8, 4) is 0 Å². The number of nitrogens with zero attached hydrogens (tertiary/aromatic N) is 2. The number of aromatic amines is 1. The lowest BCUT2D eigenvalue weighted by Crippen LogP contribution is -2.25. The van der Waals surface area contributed by atoms with E-state index in [9.17, 15) is 9.18 Å². The lowest BCUT2D eigenvalue weighted by Gasteiger charge is -2.04. The smallest absolute Gasteiger partial charge is 0.251 e. The van der Waals surface area contributed by atoms with E-state index in [4.69, 9.17) is 0 Å². The predicted molar refractivity (Wildman–Crippen MR) is 89.7 cm³/mol. The summed E-state index contributed by atoms with van der Waals surface area (Å²) in [5.41, 5.74) is 2.16. The average Bonchev–Trinajstić information content (AvgIpc) is 3.31.